The third kappa shape index (κ3) is 1.71. The summed E-state index contributed by atoms with van der Waals surface area (Å²) in [4.78, 5) is 4.14. The van der Waals surface area contributed by atoms with Crippen LogP contribution < -0.4 is 5.73 Å². The minimum Gasteiger partial charge on any atom is -0.399 e. The fourth-order valence-corrected chi connectivity index (χ4v) is 1.23. The smallest absolute Gasteiger partial charge is 0.123 e. The third-order valence-electron chi connectivity index (χ3n) is 1.92. The number of rotatable bonds is 1. The number of nitrogens with two attached hydrogens (primary N) is 1. The number of benzene rings is 1. The molecule has 0 fully saturated rings. The lowest BCUT2D eigenvalue weighted by atomic mass is 10.1. The molecule has 2 rings (SSSR count). The van der Waals surface area contributed by atoms with E-state index in [4.69, 9.17) is 5.73 Å². The first-order valence-electron chi connectivity index (χ1n) is 4.23. The number of anilines is 1. The first-order chi connectivity index (χ1) is 6.75. The second kappa shape index (κ2) is 3.46. The molecular formula is C11H9FN2. The van der Waals surface area contributed by atoms with E-state index in [0.717, 1.165) is 11.3 Å². The molecule has 0 amide bonds. The summed E-state index contributed by atoms with van der Waals surface area (Å²) in [6.07, 6.45) is 1.63. The first-order valence-corrected chi connectivity index (χ1v) is 4.23. The minimum atomic E-state index is -0.252. The van der Waals surface area contributed by atoms with Crippen molar-refractivity contribution in [3.8, 4) is 11.3 Å². The maximum atomic E-state index is 12.6. The van der Waals surface area contributed by atoms with Gasteiger partial charge in [-0.05, 0) is 36.4 Å². The van der Waals surface area contributed by atoms with Crippen LogP contribution in [0.25, 0.3) is 11.3 Å². The van der Waals surface area contributed by atoms with Gasteiger partial charge >= 0.3 is 0 Å². The van der Waals surface area contributed by atoms with Crippen molar-refractivity contribution in [1.29, 1.82) is 0 Å². The van der Waals surface area contributed by atoms with Gasteiger partial charge in [-0.1, -0.05) is 0 Å². The van der Waals surface area contributed by atoms with Crippen molar-refractivity contribution in [1.82, 2.24) is 4.98 Å². The topological polar surface area (TPSA) is 38.9 Å². The maximum absolute atomic E-state index is 12.6. The molecule has 3 heteroatoms. The summed E-state index contributed by atoms with van der Waals surface area (Å²) in [7, 11) is 0. The molecule has 0 aliphatic heterocycles. The van der Waals surface area contributed by atoms with Crippen molar-refractivity contribution in [3.63, 3.8) is 0 Å². The van der Waals surface area contributed by atoms with Gasteiger partial charge in [0.15, 0.2) is 0 Å². The predicted molar refractivity (Wildman–Crippen MR) is 54.0 cm³/mol. The summed E-state index contributed by atoms with van der Waals surface area (Å²) >= 11 is 0. The molecule has 2 nitrogen and oxygen atoms in total. The van der Waals surface area contributed by atoms with Crippen LogP contribution in [-0.2, 0) is 0 Å². The zero-order chi connectivity index (χ0) is 9.97. The van der Waals surface area contributed by atoms with E-state index in [1.165, 1.54) is 12.1 Å². The van der Waals surface area contributed by atoms with Crippen molar-refractivity contribution in [3.05, 3.63) is 48.4 Å². The van der Waals surface area contributed by atoms with Gasteiger partial charge in [-0.25, -0.2) is 4.39 Å². The highest BCUT2D eigenvalue weighted by molar-refractivity contribution is 5.62. The predicted octanol–water partition coefficient (Wildman–Crippen LogP) is 2.47. The zero-order valence-electron chi connectivity index (χ0n) is 7.44. The standard InChI is InChI=1S/C11H9FN2/c12-9-3-1-8(2-4-9)11-7-10(13)5-6-14-11/h1-7H,(H2,13,14). The maximum Gasteiger partial charge on any atom is 0.123 e. The molecule has 0 bridgehead atoms. The third-order valence-corrected chi connectivity index (χ3v) is 1.92. The zero-order valence-corrected chi connectivity index (χ0v) is 7.44. The van der Waals surface area contributed by atoms with E-state index in [1.807, 2.05) is 0 Å². The lowest BCUT2D eigenvalue weighted by molar-refractivity contribution is 0.628. The van der Waals surface area contributed by atoms with Gasteiger partial charge in [0.25, 0.3) is 0 Å². The van der Waals surface area contributed by atoms with Gasteiger partial charge in [-0.3, -0.25) is 4.98 Å². The van der Waals surface area contributed by atoms with Crippen LogP contribution in [0.1, 0.15) is 0 Å². The number of halogens is 1. The molecule has 70 valence electrons. The van der Waals surface area contributed by atoms with Crippen LogP contribution in [0.5, 0.6) is 0 Å². The molecule has 0 aliphatic carbocycles. The molecule has 1 aromatic heterocycles. The Morgan fingerprint density at radius 3 is 2.43 bits per heavy atom. The molecule has 0 spiro atoms. The number of aromatic nitrogens is 1. The molecule has 2 N–H and O–H groups in total. The SMILES string of the molecule is Nc1ccnc(-c2ccc(F)cc2)c1. The molecule has 0 atom stereocenters. The summed E-state index contributed by atoms with van der Waals surface area (Å²) in [5.41, 5.74) is 7.88. The summed E-state index contributed by atoms with van der Waals surface area (Å²) in [5.74, 6) is -0.252. The Morgan fingerprint density at radius 1 is 1.07 bits per heavy atom. The number of pyridine rings is 1. The largest absolute Gasteiger partial charge is 0.399 e. The van der Waals surface area contributed by atoms with Gasteiger partial charge < -0.3 is 5.73 Å². The van der Waals surface area contributed by atoms with Crippen LogP contribution in [0.2, 0.25) is 0 Å². The Bertz CT molecular complexity index is 437. The quantitative estimate of drug-likeness (QED) is 0.746. The van der Waals surface area contributed by atoms with Crippen LogP contribution in [-0.4, -0.2) is 4.98 Å². The van der Waals surface area contributed by atoms with Gasteiger partial charge in [-0.15, -0.1) is 0 Å². The molecular weight excluding hydrogens is 179 g/mol. The van der Waals surface area contributed by atoms with E-state index < -0.39 is 0 Å². The molecule has 2 aromatic rings. The highest BCUT2D eigenvalue weighted by atomic mass is 19.1. The summed E-state index contributed by atoms with van der Waals surface area (Å²) in [6, 6.07) is 9.63. The van der Waals surface area contributed by atoms with Crippen molar-refractivity contribution >= 4 is 5.69 Å². The Kier molecular flexibility index (Phi) is 2.14. The number of hydrogen-bond donors (Lipinski definition) is 1. The monoisotopic (exact) mass is 188 g/mol. The molecule has 0 saturated heterocycles. The van der Waals surface area contributed by atoms with Crippen LogP contribution >= 0.6 is 0 Å². The Hall–Kier alpha value is -1.90. The lowest BCUT2D eigenvalue weighted by Gasteiger charge is -2.00. The minimum absolute atomic E-state index is 0.252. The lowest BCUT2D eigenvalue weighted by Crippen LogP contribution is -1.88. The first kappa shape index (κ1) is 8.69. The number of hydrogen-bond acceptors (Lipinski definition) is 2. The van der Waals surface area contributed by atoms with Gasteiger partial charge in [0.1, 0.15) is 5.82 Å². The van der Waals surface area contributed by atoms with Crippen molar-refractivity contribution < 1.29 is 4.39 Å². The van der Waals surface area contributed by atoms with E-state index in [2.05, 4.69) is 4.98 Å². The van der Waals surface area contributed by atoms with Crippen molar-refractivity contribution in [2.75, 3.05) is 5.73 Å². The molecule has 0 unspecified atom stereocenters. The van der Waals surface area contributed by atoms with Crippen molar-refractivity contribution in [2.45, 2.75) is 0 Å². The van der Waals surface area contributed by atoms with Gasteiger partial charge in [0, 0.05) is 17.4 Å². The molecule has 14 heavy (non-hydrogen) atoms. The van der Waals surface area contributed by atoms with Crippen molar-refractivity contribution in [2.24, 2.45) is 0 Å². The van der Waals surface area contributed by atoms with E-state index in [1.54, 1.807) is 30.5 Å². The van der Waals surface area contributed by atoms with Crippen LogP contribution in [0.4, 0.5) is 10.1 Å². The fraction of sp³-hybridized carbons (Fsp3) is 0. The second-order valence-corrected chi connectivity index (χ2v) is 2.98. The summed E-state index contributed by atoms with van der Waals surface area (Å²) in [5, 5.41) is 0. The summed E-state index contributed by atoms with van der Waals surface area (Å²) < 4.78 is 12.6. The van der Waals surface area contributed by atoms with Gasteiger partial charge in [0.05, 0.1) is 5.69 Å². The Labute approximate surface area is 81.2 Å². The second-order valence-electron chi connectivity index (χ2n) is 2.98. The highest BCUT2D eigenvalue weighted by Gasteiger charge is 1.99. The number of nitrogen functional groups attached to an aromatic ring is 1. The van der Waals surface area contributed by atoms with Crippen LogP contribution in [0.15, 0.2) is 42.6 Å². The molecule has 0 saturated carbocycles. The van der Waals surface area contributed by atoms with E-state index >= 15 is 0 Å². The molecule has 0 aliphatic rings. The highest BCUT2D eigenvalue weighted by Crippen LogP contribution is 2.18. The molecule has 1 aromatic carbocycles. The molecule has 0 radical (unpaired) electrons. The number of nitrogens with zero attached hydrogens (tertiary/aromatic N) is 1. The van der Waals surface area contributed by atoms with E-state index in [9.17, 15) is 4.39 Å². The average Bonchev–Trinajstić information content (AvgIpc) is 2.19. The Morgan fingerprint density at radius 2 is 1.79 bits per heavy atom. The fourth-order valence-electron chi connectivity index (χ4n) is 1.23. The van der Waals surface area contributed by atoms with E-state index in [-0.39, 0.29) is 5.82 Å². The average molecular weight is 188 g/mol. The Balaban J connectivity index is 2.44. The van der Waals surface area contributed by atoms with Gasteiger partial charge in [-0.2, -0.15) is 0 Å². The van der Waals surface area contributed by atoms with Crippen LogP contribution in [0, 0.1) is 5.82 Å². The summed E-state index contributed by atoms with van der Waals surface area (Å²) in [6.45, 7) is 0. The van der Waals surface area contributed by atoms with E-state index in [0.29, 0.717) is 5.69 Å². The molecule has 1 heterocycles. The van der Waals surface area contributed by atoms with Gasteiger partial charge in [0.2, 0.25) is 0 Å². The normalized spacial score (nSPS) is 10.1. The van der Waals surface area contributed by atoms with Crippen LogP contribution in [0.3, 0.4) is 0 Å².